The summed E-state index contributed by atoms with van der Waals surface area (Å²) in [6, 6.07) is 3.66. The Bertz CT molecular complexity index is 460. The normalized spacial score (nSPS) is 11.9. The summed E-state index contributed by atoms with van der Waals surface area (Å²) in [6.45, 7) is 5.19. The van der Waals surface area contributed by atoms with E-state index in [9.17, 15) is 4.79 Å². The van der Waals surface area contributed by atoms with Gasteiger partial charge in [0.15, 0.2) is 0 Å². The molecular weight excluding hydrogens is 330 g/mol. The van der Waals surface area contributed by atoms with Crippen LogP contribution in [0.25, 0.3) is 0 Å². The van der Waals surface area contributed by atoms with Crippen molar-refractivity contribution in [3.05, 3.63) is 20.8 Å². The first kappa shape index (κ1) is 16.0. The van der Waals surface area contributed by atoms with Gasteiger partial charge in [-0.2, -0.15) is 0 Å². The van der Waals surface area contributed by atoms with Crippen LogP contribution in [-0.4, -0.2) is 34.9 Å². The summed E-state index contributed by atoms with van der Waals surface area (Å²) >= 11 is 4.76. The minimum absolute atomic E-state index is 0.0184. The maximum atomic E-state index is 12.4. The number of hydrogen-bond acceptors (Lipinski definition) is 4. The summed E-state index contributed by atoms with van der Waals surface area (Å²) in [7, 11) is 0. The SMILES string of the molecule is CC(C)CN(CCC(N)=NO)C(=O)c1ccc(Br)s1. The van der Waals surface area contributed by atoms with Gasteiger partial charge >= 0.3 is 0 Å². The van der Waals surface area contributed by atoms with E-state index < -0.39 is 0 Å². The van der Waals surface area contributed by atoms with E-state index in [2.05, 4.69) is 21.1 Å². The Kier molecular flexibility index (Phi) is 6.30. The smallest absolute Gasteiger partial charge is 0.263 e. The Hall–Kier alpha value is -1.08. The lowest BCUT2D eigenvalue weighted by atomic mass is 10.2. The fraction of sp³-hybridized carbons (Fsp3) is 0.500. The van der Waals surface area contributed by atoms with Gasteiger partial charge in [-0.1, -0.05) is 19.0 Å². The highest BCUT2D eigenvalue weighted by Crippen LogP contribution is 2.23. The number of halogens is 1. The van der Waals surface area contributed by atoms with Crippen LogP contribution >= 0.6 is 27.3 Å². The molecule has 0 unspecified atom stereocenters. The van der Waals surface area contributed by atoms with Crippen LogP contribution in [0.1, 0.15) is 29.9 Å². The average Bonchev–Trinajstić information content (AvgIpc) is 2.79. The van der Waals surface area contributed by atoms with Gasteiger partial charge in [-0.3, -0.25) is 4.79 Å². The van der Waals surface area contributed by atoms with E-state index in [0.29, 0.717) is 30.3 Å². The molecule has 0 fully saturated rings. The molecule has 7 heteroatoms. The fourth-order valence-electron chi connectivity index (χ4n) is 1.60. The molecule has 0 aromatic carbocycles. The van der Waals surface area contributed by atoms with Gasteiger partial charge in [0, 0.05) is 19.5 Å². The number of amidine groups is 1. The third kappa shape index (κ3) is 5.20. The van der Waals surface area contributed by atoms with Gasteiger partial charge in [0.1, 0.15) is 5.84 Å². The Labute approximate surface area is 125 Å². The molecule has 0 spiro atoms. The second kappa shape index (κ2) is 7.49. The molecule has 106 valence electrons. The predicted octanol–water partition coefficient (Wildman–Crippen LogP) is 2.75. The van der Waals surface area contributed by atoms with Crippen molar-refractivity contribution in [2.24, 2.45) is 16.8 Å². The molecule has 0 saturated carbocycles. The van der Waals surface area contributed by atoms with Crippen molar-refractivity contribution in [2.75, 3.05) is 13.1 Å². The van der Waals surface area contributed by atoms with Crippen LogP contribution in [0.15, 0.2) is 21.1 Å². The molecule has 0 atom stereocenters. The third-order valence-corrected chi connectivity index (χ3v) is 4.03. The number of carbonyl (C=O) groups excluding carboxylic acids is 1. The van der Waals surface area contributed by atoms with E-state index in [4.69, 9.17) is 10.9 Å². The van der Waals surface area contributed by atoms with E-state index in [1.165, 1.54) is 11.3 Å². The zero-order valence-electron chi connectivity index (χ0n) is 11.0. The Morgan fingerprint density at radius 2 is 2.26 bits per heavy atom. The van der Waals surface area contributed by atoms with Gasteiger partial charge in [-0.15, -0.1) is 11.3 Å². The quantitative estimate of drug-likeness (QED) is 0.359. The average molecular weight is 348 g/mol. The summed E-state index contributed by atoms with van der Waals surface area (Å²) in [5.74, 6) is 0.476. The van der Waals surface area contributed by atoms with Gasteiger partial charge in [0.2, 0.25) is 0 Å². The van der Waals surface area contributed by atoms with Gasteiger partial charge in [0.05, 0.1) is 8.66 Å². The van der Waals surface area contributed by atoms with Crippen molar-refractivity contribution in [3.63, 3.8) is 0 Å². The Balaban J connectivity index is 2.75. The lowest BCUT2D eigenvalue weighted by Crippen LogP contribution is -2.36. The minimum atomic E-state index is -0.0184. The molecule has 0 saturated heterocycles. The van der Waals surface area contributed by atoms with Crippen molar-refractivity contribution in [2.45, 2.75) is 20.3 Å². The zero-order valence-corrected chi connectivity index (χ0v) is 13.4. The first-order valence-electron chi connectivity index (χ1n) is 5.95. The number of nitrogens with zero attached hydrogens (tertiary/aromatic N) is 2. The summed E-state index contributed by atoms with van der Waals surface area (Å²) < 4.78 is 0.928. The lowest BCUT2D eigenvalue weighted by Gasteiger charge is -2.23. The molecule has 0 bridgehead atoms. The van der Waals surface area contributed by atoms with E-state index >= 15 is 0 Å². The molecule has 0 aliphatic heterocycles. The largest absolute Gasteiger partial charge is 0.409 e. The first-order chi connectivity index (χ1) is 8.93. The highest BCUT2D eigenvalue weighted by Gasteiger charge is 2.18. The minimum Gasteiger partial charge on any atom is -0.409 e. The number of carbonyl (C=O) groups is 1. The molecule has 1 aromatic heterocycles. The second-order valence-corrected chi connectivity index (χ2v) is 7.05. The number of rotatable bonds is 6. The lowest BCUT2D eigenvalue weighted by molar-refractivity contribution is 0.0745. The van der Waals surface area contributed by atoms with E-state index in [-0.39, 0.29) is 11.7 Å². The molecule has 5 nitrogen and oxygen atoms in total. The topological polar surface area (TPSA) is 78.9 Å². The van der Waals surface area contributed by atoms with Crippen molar-refractivity contribution >= 4 is 39.0 Å². The molecule has 1 aromatic rings. The predicted molar refractivity (Wildman–Crippen MR) is 80.8 cm³/mol. The number of amides is 1. The van der Waals surface area contributed by atoms with Crippen molar-refractivity contribution in [3.8, 4) is 0 Å². The maximum Gasteiger partial charge on any atom is 0.263 e. The fourth-order valence-corrected chi connectivity index (χ4v) is 2.96. The number of hydrogen-bond donors (Lipinski definition) is 2. The molecular formula is C12H18BrN3O2S. The molecule has 3 N–H and O–H groups in total. The molecule has 19 heavy (non-hydrogen) atoms. The first-order valence-corrected chi connectivity index (χ1v) is 7.56. The molecule has 1 amide bonds. The Morgan fingerprint density at radius 3 is 2.74 bits per heavy atom. The summed E-state index contributed by atoms with van der Waals surface area (Å²) in [5.41, 5.74) is 5.45. The second-order valence-electron chi connectivity index (χ2n) is 4.59. The van der Waals surface area contributed by atoms with Crippen molar-refractivity contribution < 1.29 is 10.0 Å². The van der Waals surface area contributed by atoms with Crippen LogP contribution < -0.4 is 5.73 Å². The molecule has 1 rings (SSSR count). The van der Waals surface area contributed by atoms with Crippen LogP contribution in [0.4, 0.5) is 0 Å². The molecule has 0 aliphatic carbocycles. The molecule has 1 heterocycles. The van der Waals surface area contributed by atoms with E-state index in [1.807, 2.05) is 19.9 Å². The van der Waals surface area contributed by atoms with Crippen LogP contribution in [0.2, 0.25) is 0 Å². The highest BCUT2D eigenvalue weighted by atomic mass is 79.9. The highest BCUT2D eigenvalue weighted by molar-refractivity contribution is 9.11. The van der Waals surface area contributed by atoms with Crippen LogP contribution in [0, 0.1) is 5.92 Å². The number of nitrogens with two attached hydrogens (primary N) is 1. The summed E-state index contributed by atoms with van der Waals surface area (Å²) in [6.07, 6.45) is 0.363. The van der Waals surface area contributed by atoms with Gasteiger partial charge in [-0.05, 0) is 34.0 Å². The monoisotopic (exact) mass is 347 g/mol. The van der Waals surface area contributed by atoms with E-state index in [1.54, 1.807) is 11.0 Å². The van der Waals surface area contributed by atoms with Crippen molar-refractivity contribution in [1.29, 1.82) is 0 Å². The zero-order chi connectivity index (χ0) is 14.4. The van der Waals surface area contributed by atoms with Crippen LogP contribution in [0.3, 0.4) is 0 Å². The van der Waals surface area contributed by atoms with Crippen molar-refractivity contribution in [1.82, 2.24) is 4.90 Å². The Morgan fingerprint density at radius 1 is 1.58 bits per heavy atom. The van der Waals surface area contributed by atoms with Crippen LogP contribution in [0.5, 0.6) is 0 Å². The van der Waals surface area contributed by atoms with Crippen LogP contribution in [-0.2, 0) is 0 Å². The number of oxime groups is 1. The number of thiophene rings is 1. The van der Waals surface area contributed by atoms with Gasteiger partial charge < -0.3 is 15.8 Å². The van der Waals surface area contributed by atoms with E-state index in [0.717, 1.165) is 3.79 Å². The van der Waals surface area contributed by atoms with Gasteiger partial charge in [0.25, 0.3) is 5.91 Å². The molecule has 0 aliphatic rings. The summed E-state index contributed by atoms with van der Waals surface area (Å²) in [4.78, 5) is 14.8. The van der Waals surface area contributed by atoms with Gasteiger partial charge in [-0.25, -0.2) is 0 Å². The summed E-state index contributed by atoms with van der Waals surface area (Å²) in [5, 5.41) is 11.5. The standard InChI is InChI=1S/C12H18BrN3O2S/c1-8(2)7-16(6-5-11(14)15-18)12(17)9-3-4-10(13)19-9/h3-4,8,18H,5-7H2,1-2H3,(H2,14,15). The molecule has 0 radical (unpaired) electrons. The third-order valence-electron chi connectivity index (χ3n) is 2.42. The maximum absolute atomic E-state index is 12.4.